The quantitative estimate of drug-likeness (QED) is 0.574. The first-order valence-corrected chi connectivity index (χ1v) is 11.3. The second kappa shape index (κ2) is 9.36. The number of para-hydroxylation sites is 2. The normalized spacial score (nSPS) is 17.8. The molecule has 6 nitrogen and oxygen atoms in total. The third-order valence-electron chi connectivity index (χ3n) is 7.01. The molecule has 0 bridgehead atoms. The summed E-state index contributed by atoms with van der Waals surface area (Å²) in [6.07, 6.45) is 4.71. The largest absolute Gasteiger partial charge is 0.381 e. The minimum Gasteiger partial charge on any atom is -0.381 e. The van der Waals surface area contributed by atoms with Crippen molar-refractivity contribution in [2.24, 2.45) is 11.8 Å². The third kappa shape index (κ3) is 3.79. The maximum Gasteiger partial charge on any atom is 0.157 e. The number of fused-ring (bicyclic) bond motifs is 3. The van der Waals surface area contributed by atoms with Crippen molar-refractivity contribution in [1.29, 1.82) is 10.5 Å². The van der Waals surface area contributed by atoms with Gasteiger partial charge in [-0.1, -0.05) is 12.1 Å². The fourth-order valence-corrected chi connectivity index (χ4v) is 5.24. The van der Waals surface area contributed by atoms with Crippen molar-refractivity contribution in [3.05, 3.63) is 41.0 Å². The van der Waals surface area contributed by atoms with Crippen molar-refractivity contribution in [1.82, 2.24) is 9.38 Å². The lowest BCUT2D eigenvalue weighted by Crippen LogP contribution is -2.35. The number of aromatic nitrogens is 2. The molecule has 5 rings (SSSR count). The summed E-state index contributed by atoms with van der Waals surface area (Å²) >= 11 is 0. The summed E-state index contributed by atoms with van der Waals surface area (Å²) in [5, 5.41) is 19.5. The zero-order chi connectivity index (χ0) is 21.4. The molecule has 0 radical (unpaired) electrons. The zero-order valence-electron chi connectivity index (χ0n) is 18.4. The van der Waals surface area contributed by atoms with Crippen LogP contribution in [0.25, 0.3) is 16.7 Å². The molecule has 1 aromatic carbocycles. The van der Waals surface area contributed by atoms with Crippen molar-refractivity contribution >= 4 is 34.9 Å². The van der Waals surface area contributed by atoms with Crippen molar-refractivity contribution in [3.8, 4) is 12.1 Å². The number of rotatable bonds is 3. The molecular formula is C25H28ClN5O. The number of nitrogens with zero attached hydrogens (tertiary/aromatic N) is 5. The molecule has 2 aliphatic heterocycles. The maximum absolute atomic E-state index is 10.2. The molecule has 0 aliphatic carbocycles. The van der Waals surface area contributed by atoms with Gasteiger partial charge < -0.3 is 9.64 Å². The lowest BCUT2D eigenvalue weighted by Gasteiger charge is -2.34. The van der Waals surface area contributed by atoms with E-state index in [4.69, 9.17) is 9.72 Å². The summed E-state index contributed by atoms with van der Waals surface area (Å²) in [5.41, 5.74) is 5.72. The number of benzene rings is 1. The number of imidazole rings is 1. The Hall–Kier alpha value is -2.80. The average Bonchev–Trinajstić information content (AvgIpc) is 3.19. The second-order valence-electron chi connectivity index (χ2n) is 8.82. The van der Waals surface area contributed by atoms with Gasteiger partial charge >= 0.3 is 0 Å². The van der Waals surface area contributed by atoms with Gasteiger partial charge in [0.05, 0.1) is 22.7 Å². The standard InChI is InChI=1S/C25H27N5O.ClH/c1-17-20(14-18-8-12-31-13-9-18)21(16-27)24-28-22-4-2-3-5-23(22)30(24)25(17)29-10-6-19(15-26)7-11-29;/h2-5,18-19H,6-14H2,1H3;1H. The highest BCUT2D eigenvalue weighted by molar-refractivity contribution is 5.86. The fourth-order valence-electron chi connectivity index (χ4n) is 5.24. The second-order valence-corrected chi connectivity index (χ2v) is 8.82. The highest BCUT2D eigenvalue weighted by atomic mass is 35.5. The predicted octanol–water partition coefficient (Wildman–Crippen LogP) is 4.80. The summed E-state index contributed by atoms with van der Waals surface area (Å²) in [6, 6.07) is 13.1. The Bertz CT molecular complexity index is 1210. The van der Waals surface area contributed by atoms with Crippen LogP contribution in [0.2, 0.25) is 0 Å². The van der Waals surface area contributed by atoms with E-state index in [-0.39, 0.29) is 18.3 Å². The number of anilines is 1. The van der Waals surface area contributed by atoms with Gasteiger partial charge in [0, 0.05) is 32.2 Å². The third-order valence-corrected chi connectivity index (χ3v) is 7.01. The van der Waals surface area contributed by atoms with Crippen LogP contribution >= 0.6 is 12.4 Å². The van der Waals surface area contributed by atoms with E-state index in [2.05, 4.69) is 34.4 Å². The van der Waals surface area contributed by atoms with Gasteiger partial charge in [0.1, 0.15) is 11.9 Å². The molecule has 0 spiro atoms. The van der Waals surface area contributed by atoms with Crippen LogP contribution in [0.5, 0.6) is 0 Å². The number of hydrogen-bond acceptors (Lipinski definition) is 5. The van der Waals surface area contributed by atoms with Crippen LogP contribution in [0.1, 0.15) is 42.4 Å². The van der Waals surface area contributed by atoms with Crippen LogP contribution in [-0.4, -0.2) is 35.7 Å². The van der Waals surface area contributed by atoms with Crippen LogP contribution in [0.4, 0.5) is 5.82 Å². The highest BCUT2D eigenvalue weighted by Gasteiger charge is 2.28. The van der Waals surface area contributed by atoms with Crippen LogP contribution in [0.3, 0.4) is 0 Å². The van der Waals surface area contributed by atoms with Crippen LogP contribution in [0.15, 0.2) is 24.3 Å². The average molecular weight is 450 g/mol. The first-order chi connectivity index (χ1) is 15.2. The summed E-state index contributed by atoms with van der Waals surface area (Å²) in [4.78, 5) is 7.31. The van der Waals surface area contributed by atoms with E-state index in [9.17, 15) is 10.5 Å². The monoisotopic (exact) mass is 449 g/mol. The molecule has 32 heavy (non-hydrogen) atoms. The Morgan fingerprint density at radius 3 is 2.50 bits per heavy atom. The van der Waals surface area contributed by atoms with E-state index in [0.717, 1.165) is 86.5 Å². The lowest BCUT2D eigenvalue weighted by atomic mass is 9.88. The molecule has 166 valence electrons. The van der Waals surface area contributed by atoms with Crippen molar-refractivity contribution in [2.45, 2.75) is 39.0 Å². The number of hydrogen-bond donors (Lipinski definition) is 0. The fraction of sp³-hybridized carbons (Fsp3) is 0.480. The molecule has 2 fully saturated rings. The van der Waals surface area contributed by atoms with Gasteiger partial charge in [-0.15, -0.1) is 12.4 Å². The number of nitriles is 2. The summed E-state index contributed by atoms with van der Waals surface area (Å²) in [6.45, 7) is 5.47. The smallest absolute Gasteiger partial charge is 0.157 e. The topological polar surface area (TPSA) is 77.3 Å². The van der Waals surface area contributed by atoms with E-state index in [0.29, 0.717) is 11.5 Å². The van der Waals surface area contributed by atoms with Crippen LogP contribution in [0, 0.1) is 41.4 Å². The van der Waals surface area contributed by atoms with Gasteiger partial charge in [0.2, 0.25) is 0 Å². The number of piperidine rings is 1. The van der Waals surface area contributed by atoms with Gasteiger partial charge in [0.15, 0.2) is 5.65 Å². The van der Waals surface area contributed by atoms with Crippen molar-refractivity contribution < 1.29 is 4.74 Å². The molecule has 0 amide bonds. The van der Waals surface area contributed by atoms with E-state index < -0.39 is 0 Å². The Kier molecular flexibility index (Phi) is 6.55. The SMILES string of the molecule is Cc1c(CC2CCOCC2)c(C#N)c2nc3ccccc3n2c1N1CCC(C#N)CC1.Cl. The summed E-state index contributed by atoms with van der Waals surface area (Å²) in [5.74, 6) is 1.80. The van der Waals surface area contributed by atoms with Gasteiger partial charge in [-0.2, -0.15) is 10.5 Å². The predicted molar refractivity (Wildman–Crippen MR) is 127 cm³/mol. The molecule has 2 aliphatic rings. The van der Waals surface area contributed by atoms with Crippen LogP contribution < -0.4 is 4.90 Å². The molecule has 3 aromatic rings. The minimum absolute atomic E-state index is 0. The minimum atomic E-state index is 0. The number of halogens is 1. The van der Waals surface area contributed by atoms with E-state index in [1.165, 1.54) is 5.56 Å². The Morgan fingerprint density at radius 2 is 1.81 bits per heavy atom. The Morgan fingerprint density at radius 1 is 1.09 bits per heavy atom. The molecule has 2 saturated heterocycles. The lowest BCUT2D eigenvalue weighted by molar-refractivity contribution is 0.0665. The van der Waals surface area contributed by atoms with E-state index in [1.54, 1.807) is 0 Å². The van der Waals surface area contributed by atoms with Gasteiger partial charge in [-0.3, -0.25) is 4.40 Å². The molecule has 0 saturated carbocycles. The highest BCUT2D eigenvalue weighted by Crippen LogP contribution is 2.36. The van der Waals surface area contributed by atoms with E-state index >= 15 is 0 Å². The molecule has 7 heteroatoms. The molecule has 0 unspecified atom stereocenters. The first kappa shape index (κ1) is 22.4. The Balaban J connectivity index is 0.00000245. The van der Waals surface area contributed by atoms with Gasteiger partial charge in [0.25, 0.3) is 0 Å². The van der Waals surface area contributed by atoms with Gasteiger partial charge in [-0.05, 0) is 68.2 Å². The van der Waals surface area contributed by atoms with Crippen molar-refractivity contribution in [2.75, 3.05) is 31.2 Å². The van der Waals surface area contributed by atoms with Crippen LogP contribution in [-0.2, 0) is 11.2 Å². The molecule has 0 N–H and O–H groups in total. The molecule has 2 aromatic heterocycles. The summed E-state index contributed by atoms with van der Waals surface area (Å²) < 4.78 is 7.74. The van der Waals surface area contributed by atoms with E-state index in [1.807, 2.05) is 18.2 Å². The number of pyridine rings is 1. The molecule has 4 heterocycles. The molecule has 0 atom stereocenters. The zero-order valence-corrected chi connectivity index (χ0v) is 19.2. The Labute approximate surface area is 194 Å². The maximum atomic E-state index is 10.2. The number of ether oxygens (including phenoxy) is 1. The molecular weight excluding hydrogens is 422 g/mol. The summed E-state index contributed by atoms with van der Waals surface area (Å²) in [7, 11) is 0. The first-order valence-electron chi connectivity index (χ1n) is 11.3. The van der Waals surface area contributed by atoms with Crippen molar-refractivity contribution in [3.63, 3.8) is 0 Å². The van der Waals surface area contributed by atoms with Gasteiger partial charge in [-0.25, -0.2) is 4.98 Å².